The van der Waals surface area contributed by atoms with Crippen molar-refractivity contribution < 1.29 is 134 Å². The number of carboxylic acid groups (broad SMARTS) is 2. The Morgan fingerprint density at radius 2 is 1.18 bits per heavy atom. The number of hydrogen-bond acceptors (Lipinski definition) is 25. The smallest absolute Gasteiger partial charge is 0.341 e. The minimum atomic E-state index is -2.52. The van der Waals surface area contributed by atoms with E-state index in [4.69, 9.17) is 23.7 Å². The van der Waals surface area contributed by atoms with Gasteiger partial charge in [-0.3, -0.25) is 14.4 Å². The molecule has 27 nitrogen and oxygen atoms in total. The topological polar surface area (TPSA) is 469 Å². The minimum absolute atomic E-state index is 0.226. The fourth-order valence-corrected chi connectivity index (χ4v) is 7.25. The summed E-state index contributed by atoms with van der Waals surface area (Å²) in [6.45, 7) is 1.61. The number of aliphatic carboxylic acids is 2. The van der Waals surface area contributed by atoms with Crippen molar-refractivity contribution >= 4 is 41.6 Å². The van der Waals surface area contributed by atoms with Crippen molar-refractivity contribution in [3.63, 3.8) is 0 Å². The number of carbonyl (C=O) groups is 7. The number of phenolic OH excluding ortho intramolecular Hbond substituents is 11. The van der Waals surface area contributed by atoms with Crippen molar-refractivity contribution in [2.24, 2.45) is 5.92 Å². The number of aliphatic hydroxyl groups excluding tert-OH is 2. The number of rotatable bonds is 18. The molecular weight excluding hydrogens is 972 g/mol. The van der Waals surface area contributed by atoms with Crippen LogP contribution in [0.5, 0.6) is 69.0 Å². The van der Waals surface area contributed by atoms with Gasteiger partial charge in [0.2, 0.25) is 23.5 Å². The van der Waals surface area contributed by atoms with E-state index in [2.05, 4.69) is 0 Å². The van der Waals surface area contributed by atoms with E-state index < -0.39 is 206 Å². The van der Waals surface area contributed by atoms with Gasteiger partial charge >= 0.3 is 35.8 Å². The van der Waals surface area contributed by atoms with E-state index in [-0.39, 0.29) is 5.57 Å². The van der Waals surface area contributed by atoms with Crippen molar-refractivity contribution in [2.45, 2.75) is 57.7 Å². The molecule has 0 aliphatic carbocycles. The van der Waals surface area contributed by atoms with Gasteiger partial charge in [0.15, 0.2) is 69.7 Å². The van der Waals surface area contributed by atoms with Crippen LogP contribution >= 0.6 is 0 Å². The van der Waals surface area contributed by atoms with E-state index in [0.29, 0.717) is 30.3 Å². The monoisotopic (exact) mass is 1010 g/mol. The maximum atomic E-state index is 14.3. The molecular formula is C45H42O27. The molecule has 5 rings (SSSR count). The van der Waals surface area contributed by atoms with Gasteiger partial charge in [0.25, 0.3) is 0 Å². The summed E-state index contributed by atoms with van der Waals surface area (Å²) in [6, 6.07) is 2.69. The van der Waals surface area contributed by atoms with Crippen LogP contribution in [0.15, 0.2) is 42.0 Å². The number of ketones is 1. The van der Waals surface area contributed by atoms with E-state index in [1.807, 2.05) is 0 Å². The Kier molecular flexibility index (Phi) is 15.8. The zero-order chi connectivity index (χ0) is 54.0. The van der Waals surface area contributed by atoms with Crippen molar-refractivity contribution in [1.29, 1.82) is 0 Å². The Hall–Kier alpha value is -9.21. The highest BCUT2D eigenvalue weighted by Gasteiger charge is 2.49. The summed E-state index contributed by atoms with van der Waals surface area (Å²) < 4.78 is 27.2. The number of aliphatic hydroxyl groups is 2. The van der Waals surface area contributed by atoms with Gasteiger partial charge in [0, 0.05) is 28.2 Å². The standard InChI is InChI=1S/C45H42O27/c1-13(2)4-26(70-43(66)19-9-24(51)35(58)39-31(19)29(38(61)44(67)71-39)17(40(62)63)10-27(53)54)45(72-41(64)15-5-20(47)32(55)21(48)6-15)69-14(3)12-68-42(65)18-8-23(50)34(57)37(60)30(18)28-16(25(52)11-46)7-22(49)33(56)36(28)59/h4-9,14,17,26,29,38,45-51,55-61H,10-12H2,1-3H3,(H,53,54)(H,62,63). The van der Waals surface area contributed by atoms with E-state index in [0.717, 1.165) is 13.0 Å². The van der Waals surface area contributed by atoms with E-state index in [9.17, 15) is 110 Å². The highest BCUT2D eigenvalue weighted by molar-refractivity contribution is 6.10. The lowest BCUT2D eigenvalue weighted by atomic mass is 9.76. The molecule has 0 fully saturated rings. The van der Waals surface area contributed by atoms with Crippen LogP contribution in [-0.4, -0.2) is 156 Å². The summed E-state index contributed by atoms with van der Waals surface area (Å²) >= 11 is 0. The first kappa shape index (κ1) is 53.7. The molecule has 27 heteroatoms. The Balaban J connectivity index is 1.59. The molecule has 1 aliphatic heterocycles. The third-order valence-electron chi connectivity index (χ3n) is 10.5. The van der Waals surface area contributed by atoms with Gasteiger partial charge in [-0.15, -0.1) is 0 Å². The Morgan fingerprint density at radius 1 is 0.667 bits per heavy atom. The number of carboxylic acids is 2. The summed E-state index contributed by atoms with van der Waals surface area (Å²) in [6.07, 6.45) is -8.73. The number of aromatic hydroxyl groups is 11. The molecule has 1 aliphatic rings. The average Bonchev–Trinajstić information content (AvgIpc) is 3.31. The lowest BCUT2D eigenvalue weighted by molar-refractivity contribution is -0.182. The lowest BCUT2D eigenvalue weighted by Gasteiger charge is -2.34. The molecule has 0 amide bonds. The minimum Gasteiger partial charge on any atom is -0.504 e. The van der Waals surface area contributed by atoms with Gasteiger partial charge < -0.3 is 100 Å². The van der Waals surface area contributed by atoms with Crippen LogP contribution in [0.3, 0.4) is 0 Å². The molecule has 0 saturated carbocycles. The number of carbonyl (C=O) groups excluding carboxylic acids is 5. The fourth-order valence-electron chi connectivity index (χ4n) is 7.25. The SMILES string of the molecule is CC(C)=CC(OC(=O)c1cc(O)c(O)c2c1C(C(CC(=O)O)C(=O)O)C(O)C(=O)O2)C(OC(=O)c1cc(O)c(O)c(O)c1)OC(C)COC(=O)c1cc(O)c(O)c(O)c1-c1c(C(=O)CO)cc(O)c(O)c1O. The van der Waals surface area contributed by atoms with Crippen LogP contribution < -0.4 is 4.74 Å². The quantitative estimate of drug-likeness (QED) is 0.0128. The molecule has 4 aromatic rings. The lowest BCUT2D eigenvalue weighted by Crippen LogP contribution is -2.44. The number of esters is 4. The predicted octanol–water partition coefficient (Wildman–Crippen LogP) is 1.77. The second kappa shape index (κ2) is 21.2. The normalized spacial score (nSPS) is 15.7. The third kappa shape index (κ3) is 10.8. The molecule has 0 spiro atoms. The van der Waals surface area contributed by atoms with E-state index in [1.165, 1.54) is 13.8 Å². The number of Topliss-reactive ketones (excluding diaryl/α,β-unsaturated/α-hetero) is 1. The van der Waals surface area contributed by atoms with Crippen molar-refractivity contribution in [3.05, 3.63) is 69.8 Å². The zero-order valence-electron chi connectivity index (χ0n) is 37.2. The van der Waals surface area contributed by atoms with Crippen LogP contribution in [0, 0.1) is 5.92 Å². The maximum Gasteiger partial charge on any atom is 0.341 e. The Labute approximate surface area is 401 Å². The summed E-state index contributed by atoms with van der Waals surface area (Å²) in [5, 5.41) is 154. The average molecular weight is 1010 g/mol. The summed E-state index contributed by atoms with van der Waals surface area (Å²) in [5.74, 6) is -30.3. The van der Waals surface area contributed by atoms with Crippen molar-refractivity contribution in [2.75, 3.05) is 13.2 Å². The number of hydrogen-bond donors (Lipinski definition) is 15. The molecule has 0 saturated heterocycles. The summed E-state index contributed by atoms with van der Waals surface area (Å²) in [5.41, 5.74) is -6.11. The first-order chi connectivity index (χ1) is 33.6. The van der Waals surface area contributed by atoms with Gasteiger partial charge in [0.05, 0.1) is 35.1 Å². The fraction of sp³-hybridized carbons (Fsp3) is 0.267. The van der Waals surface area contributed by atoms with Crippen LogP contribution in [-0.2, 0) is 33.3 Å². The molecule has 0 aromatic heterocycles. The molecule has 4 aromatic carbocycles. The summed E-state index contributed by atoms with van der Waals surface area (Å²) in [4.78, 5) is 91.3. The number of phenols is 11. The van der Waals surface area contributed by atoms with Gasteiger partial charge in [-0.1, -0.05) is 5.57 Å². The van der Waals surface area contributed by atoms with E-state index in [1.54, 1.807) is 0 Å². The van der Waals surface area contributed by atoms with Gasteiger partial charge in [-0.25, -0.2) is 19.2 Å². The van der Waals surface area contributed by atoms with Crippen LogP contribution in [0.25, 0.3) is 11.1 Å². The molecule has 6 atom stereocenters. The van der Waals surface area contributed by atoms with Crippen molar-refractivity contribution in [3.8, 4) is 80.1 Å². The van der Waals surface area contributed by atoms with Crippen LogP contribution in [0.4, 0.5) is 0 Å². The largest absolute Gasteiger partial charge is 0.504 e. The molecule has 0 bridgehead atoms. The number of benzene rings is 4. The van der Waals surface area contributed by atoms with Crippen LogP contribution in [0.1, 0.15) is 80.1 Å². The number of fused-ring (bicyclic) bond motifs is 1. The predicted molar refractivity (Wildman–Crippen MR) is 231 cm³/mol. The highest BCUT2D eigenvalue weighted by Crippen LogP contribution is 2.53. The molecule has 72 heavy (non-hydrogen) atoms. The molecule has 0 radical (unpaired) electrons. The number of allylic oxidation sites excluding steroid dienone is 1. The second-order valence-corrected chi connectivity index (χ2v) is 15.9. The van der Waals surface area contributed by atoms with Gasteiger partial charge in [-0.05, 0) is 57.2 Å². The summed E-state index contributed by atoms with van der Waals surface area (Å²) in [7, 11) is 0. The number of ether oxygens (including phenoxy) is 5. The maximum absolute atomic E-state index is 14.3. The second-order valence-electron chi connectivity index (χ2n) is 15.9. The van der Waals surface area contributed by atoms with Crippen molar-refractivity contribution in [1.82, 2.24) is 0 Å². The Morgan fingerprint density at radius 3 is 1.71 bits per heavy atom. The van der Waals surface area contributed by atoms with Gasteiger partial charge in [-0.2, -0.15) is 0 Å². The molecule has 384 valence electrons. The molecule has 1 heterocycles. The van der Waals surface area contributed by atoms with E-state index >= 15 is 0 Å². The van der Waals surface area contributed by atoms with Gasteiger partial charge in [0.1, 0.15) is 13.2 Å². The zero-order valence-corrected chi connectivity index (χ0v) is 37.2. The Bertz CT molecular complexity index is 2910. The van der Waals surface area contributed by atoms with Crippen LogP contribution in [0.2, 0.25) is 0 Å². The highest BCUT2D eigenvalue weighted by atomic mass is 16.7. The molecule has 6 unspecified atom stereocenters. The molecule has 15 N–H and O–H groups in total. The third-order valence-corrected chi connectivity index (χ3v) is 10.5. The first-order valence-corrected chi connectivity index (χ1v) is 20.4. The first-order valence-electron chi connectivity index (χ1n) is 20.4.